The number of halogens is 1. The molecule has 160 valence electrons. The Hall–Kier alpha value is -3.71. The predicted molar refractivity (Wildman–Crippen MR) is 123 cm³/mol. The number of pyridine rings is 2. The fourth-order valence-electron chi connectivity index (χ4n) is 4.02. The van der Waals surface area contributed by atoms with E-state index in [2.05, 4.69) is 16.5 Å². The zero-order chi connectivity index (χ0) is 22.1. The normalized spacial score (nSPS) is 15.8. The van der Waals surface area contributed by atoms with Crippen molar-refractivity contribution in [2.75, 3.05) is 13.1 Å². The zero-order valence-electron chi connectivity index (χ0n) is 17.2. The van der Waals surface area contributed by atoms with Crippen LogP contribution in [-0.2, 0) is 4.79 Å². The number of aromatic nitrogens is 4. The Balaban J connectivity index is 1.49. The molecule has 4 heterocycles. The highest BCUT2D eigenvalue weighted by atomic mass is 35.5. The van der Waals surface area contributed by atoms with Gasteiger partial charge in [0.1, 0.15) is 17.2 Å². The second kappa shape index (κ2) is 8.43. The van der Waals surface area contributed by atoms with Gasteiger partial charge in [-0.15, -0.1) is 0 Å². The van der Waals surface area contributed by atoms with Crippen molar-refractivity contribution in [2.45, 2.75) is 12.5 Å². The van der Waals surface area contributed by atoms with Crippen molar-refractivity contribution in [1.82, 2.24) is 24.6 Å². The fraction of sp³-hybridized carbons (Fsp3) is 0.167. The molecule has 0 radical (unpaired) electrons. The summed E-state index contributed by atoms with van der Waals surface area (Å²) in [5.74, 6) is 1.37. The van der Waals surface area contributed by atoms with Crippen molar-refractivity contribution < 1.29 is 9.53 Å². The van der Waals surface area contributed by atoms with Crippen LogP contribution in [0.4, 0.5) is 0 Å². The van der Waals surface area contributed by atoms with E-state index in [9.17, 15) is 4.79 Å². The molecule has 4 aromatic rings. The molecule has 0 spiro atoms. The first-order valence-corrected chi connectivity index (χ1v) is 10.6. The molecule has 1 aliphatic rings. The van der Waals surface area contributed by atoms with Crippen LogP contribution in [-0.4, -0.2) is 43.6 Å². The van der Waals surface area contributed by atoms with Crippen LogP contribution in [0.3, 0.4) is 0 Å². The van der Waals surface area contributed by atoms with Crippen LogP contribution >= 0.6 is 11.6 Å². The molecule has 3 aromatic heterocycles. The molecule has 1 atom stereocenters. The summed E-state index contributed by atoms with van der Waals surface area (Å²) in [6.07, 6.45) is 8.93. The average Bonchev–Trinajstić information content (AvgIpc) is 3.46. The second-order valence-electron chi connectivity index (χ2n) is 7.55. The molecular weight excluding hydrogens is 426 g/mol. The maximum Gasteiger partial charge on any atom is 0.246 e. The lowest BCUT2D eigenvalue weighted by molar-refractivity contribution is -0.125. The van der Waals surface area contributed by atoms with Crippen LogP contribution < -0.4 is 4.74 Å². The SMILES string of the molecule is C=CC(=O)N1CC[C@@H](n2nc(-c3ccc(Oc4ccncc4)cc3)c3cncc(Cl)c32)C1. The number of likely N-dealkylation sites (tertiary alicyclic amines) is 1. The smallest absolute Gasteiger partial charge is 0.246 e. The molecule has 1 fully saturated rings. The standard InChI is InChI=1S/C24H20ClN5O2/c1-2-22(31)29-12-9-17(15-29)30-24-20(13-27-14-21(24)25)23(28-30)16-3-5-18(6-4-16)32-19-7-10-26-11-8-19/h2-8,10-11,13-14,17H,1,9,12,15H2/t17-/m1/s1. The van der Waals surface area contributed by atoms with Crippen LogP contribution in [0, 0.1) is 0 Å². The number of carbonyl (C=O) groups is 1. The van der Waals surface area contributed by atoms with Gasteiger partial charge in [0, 0.05) is 48.8 Å². The number of carbonyl (C=O) groups excluding carboxylic acids is 1. The van der Waals surface area contributed by atoms with Gasteiger partial charge in [0.2, 0.25) is 5.91 Å². The summed E-state index contributed by atoms with van der Waals surface area (Å²) < 4.78 is 7.80. The molecule has 0 bridgehead atoms. The fourth-order valence-corrected chi connectivity index (χ4v) is 4.26. The third kappa shape index (κ3) is 3.71. The molecule has 0 saturated carbocycles. The number of benzene rings is 1. The van der Waals surface area contributed by atoms with Crippen molar-refractivity contribution >= 4 is 28.4 Å². The molecule has 1 amide bonds. The molecule has 0 aliphatic carbocycles. The summed E-state index contributed by atoms with van der Waals surface area (Å²) in [5, 5.41) is 6.32. The van der Waals surface area contributed by atoms with E-state index >= 15 is 0 Å². The van der Waals surface area contributed by atoms with E-state index in [4.69, 9.17) is 21.4 Å². The van der Waals surface area contributed by atoms with E-state index in [1.807, 2.05) is 28.9 Å². The highest BCUT2D eigenvalue weighted by Gasteiger charge is 2.29. The van der Waals surface area contributed by atoms with Gasteiger partial charge in [0.05, 0.1) is 16.6 Å². The molecule has 1 aliphatic heterocycles. The van der Waals surface area contributed by atoms with Crippen molar-refractivity contribution in [3.05, 3.63) is 78.9 Å². The first kappa shape index (κ1) is 20.2. The summed E-state index contributed by atoms with van der Waals surface area (Å²) in [6.45, 7) is 4.82. The third-order valence-corrected chi connectivity index (χ3v) is 5.85. The second-order valence-corrected chi connectivity index (χ2v) is 7.96. The molecule has 7 nitrogen and oxygen atoms in total. The molecule has 0 unspecified atom stereocenters. The van der Waals surface area contributed by atoms with Crippen LogP contribution in [0.2, 0.25) is 5.02 Å². The van der Waals surface area contributed by atoms with Crippen LogP contribution in [0.1, 0.15) is 12.5 Å². The van der Waals surface area contributed by atoms with Crippen LogP contribution in [0.25, 0.3) is 22.2 Å². The molecular formula is C24H20ClN5O2. The summed E-state index contributed by atoms with van der Waals surface area (Å²) >= 11 is 6.54. The number of hydrogen-bond donors (Lipinski definition) is 0. The third-order valence-electron chi connectivity index (χ3n) is 5.57. The van der Waals surface area contributed by atoms with Crippen molar-refractivity contribution in [1.29, 1.82) is 0 Å². The number of nitrogens with zero attached hydrogens (tertiary/aromatic N) is 5. The van der Waals surface area contributed by atoms with Crippen molar-refractivity contribution in [3.63, 3.8) is 0 Å². The van der Waals surface area contributed by atoms with Gasteiger partial charge in [0.25, 0.3) is 0 Å². The van der Waals surface area contributed by atoms with E-state index < -0.39 is 0 Å². The van der Waals surface area contributed by atoms with Gasteiger partial charge in [-0.3, -0.25) is 19.4 Å². The predicted octanol–water partition coefficient (Wildman–Crippen LogP) is 4.90. The summed E-state index contributed by atoms with van der Waals surface area (Å²) in [7, 11) is 0. The average molecular weight is 446 g/mol. The number of ether oxygens (including phenoxy) is 1. The van der Waals surface area contributed by atoms with E-state index in [0.29, 0.717) is 23.9 Å². The quantitative estimate of drug-likeness (QED) is 0.408. The Morgan fingerprint density at radius 1 is 1.09 bits per heavy atom. The lowest BCUT2D eigenvalue weighted by Crippen LogP contribution is -2.27. The topological polar surface area (TPSA) is 73.1 Å². The largest absolute Gasteiger partial charge is 0.457 e. The maximum atomic E-state index is 12.0. The minimum Gasteiger partial charge on any atom is -0.457 e. The highest BCUT2D eigenvalue weighted by molar-refractivity contribution is 6.35. The highest BCUT2D eigenvalue weighted by Crippen LogP contribution is 2.36. The Morgan fingerprint density at radius 3 is 2.59 bits per heavy atom. The Labute approximate surface area is 189 Å². The number of amides is 1. The van der Waals surface area contributed by atoms with Crippen LogP contribution in [0.5, 0.6) is 11.5 Å². The minimum absolute atomic E-state index is 0.0318. The number of rotatable bonds is 5. The molecule has 1 saturated heterocycles. The Morgan fingerprint density at radius 2 is 1.84 bits per heavy atom. The molecule has 0 N–H and O–H groups in total. The molecule has 5 rings (SSSR count). The van der Waals surface area contributed by atoms with Crippen molar-refractivity contribution in [3.8, 4) is 22.8 Å². The lowest BCUT2D eigenvalue weighted by Gasteiger charge is -2.15. The molecule has 32 heavy (non-hydrogen) atoms. The van der Waals surface area contributed by atoms with Gasteiger partial charge >= 0.3 is 0 Å². The Bertz CT molecular complexity index is 1290. The van der Waals surface area contributed by atoms with Gasteiger partial charge in [-0.25, -0.2) is 0 Å². The van der Waals surface area contributed by atoms with Gasteiger partial charge < -0.3 is 9.64 Å². The summed E-state index contributed by atoms with van der Waals surface area (Å²) in [5.41, 5.74) is 2.54. The molecule has 1 aromatic carbocycles. The lowest BCUT2D eigenvalue weighted by atomic mass is 10.1. The van der Waals surface area contributed by atoms with E-state index in [-0.39, 0.29) is 11.9 Å². The zero-order valence-corrected chi connectivity index (χ0v) is 17.9. The van der Waals surface area contributed by atoms with Gasteiger partial charge in [-0.05, 0) is 48.9 Å². The van der Waals surface area contributed by atoms with E-state index in [1.165, 1.54) is 6.08 Å². The van der Waals surface area contributed by atoms with Gasteiger partial charge in [0.15, 0.2) is 0 Å². The molecule has 8 heteroatoms. The minimum atomic E-state index is -0.0678. The maximum absolute atomic E-state index is 12.0. The summed E-state index contributed by atoms with van der Waals surface area (Å²) in [4.78, 5) is 22.1. The van der Waals surface area contributed by atoms with Crippen LogP contribution in [0.15, 0.2) is 73.8 Å². The van der Waals surface area contributed by atoms with Gasteiger partial charge in [-0.2, -0.15) is 5.10 Å². The number of hydrogen-bond acceptors (Lipinski definition) is 5. The van der Waals surface area contributed by atoms with Crippen molar-refractivity contribution in [2.24, 2.45) is 0 Å². The monoisotopic (exact) mass is 445 g/mol. The van der Waals surface area contributed by atoms with Gasteiger partial charge in [-0.1, -0.05) is 18.2 Å². The Kier molecular flexibility index (Phi) is 5.33. The summed E-state index contributed by atoms with van der Waals surface area (Å²) in [6, 6.07) is 11.4. The number of fused-ring (bicyclic) bond motifs is 1. The first-order chi connectivity index (χ1) is 15.6. The van der Waals surface area contributed by atoms with E-state index in [1.54, 1.807) is 41.8 Å². The first-order valence-electron chi connectivity index (χ1n) is 10.3. The van der Waals surface area contributed by atoms with E-state index in [0.717, 1.165) is 34.3 Å².